The molecule has 1 aliphatic rings. The summed E-state index contributed by atoms with van der Waals surface area (Å²) in [4.78, 5) is 24.6. The molecule has 3 N–H and O–H groups in total. The van der Waals surface area contributed by atoms with Crippen LogP contribution in [0.2, 0.25) is 5.28 Å². The van der Waals surface area contributed by atoms with Crippen LogP contribution < -0.4 is 5.73 Å². The third-order valence-corrected chi connectivity index (χ3v) is 4.99. The average molecular weight is 404 g/mol. The second-order valence-corrected chi connectivity index (χ2v) is 7.06. The molecule has 9 nitrogen and oxygen atoms in total. The fourth-order valence-electron chi connectivity index (χ4n) is 3.28. The van der Waals surface area contributed by atoms with Crippen molar-refractivity contribution in [3.05, 3.63) is 47.6 Å². The van der Waals surface area contributed by atoms with E-state index in [1.165, 1.54) is 6.20 Å². The summed E-state index contributed by atoms with van der Waals surface area (Å²) in [6, 6.07) is 6.72. The van der Waals surface area contributed by atoms with Gasteiger partial charge in [-0.25, -0.2) is 14.8 Å². The molecule has 4 rings (SSSR count). The van der Waals surface area contributed by atoms with Crippen molar-refractivity contribution in [1.29, 1.82) is 0 Å². The van der Waals surface area contributed by atoms with Crippen LogP contribution in [-0.2, 0) is 9.47 Å². The van der Waals surface area contributed by atoms with Crippen molar-refractivity contribution in [2.75, 3.05) is 12.3 Å². The highest BCUT2D eigenvalue weighted by Gasteiger charge is 2.48. The number of ether oxygens (including phenoxy) is 2. The lowest BCUT2D eigenvalue weighted by molar-refractivity contribution is -0.117. The molecule has 1 aliphatic heterocycles. The number of aromatic nitrogens is 4. The Hall–Kier alpha value is -2.75. The third-order valence-electron chi connectivity index (χ3n) is 4.82. The van der Waals surface area contributed by atoms with E-state index in [-0.39, 0.29) is 23.4 Å². The van der Waals surface area contributed by atoms with E-state index in [9.17, 15) is 9.90 Å². The Balaban J connectivity index is 1.62. The van der Waals surface area contributed by atoms with E-state index in [1.54, 1.807) is 42.0 Å². The first-order valence-corrected chi connectivity index (χ1v) is 8.99. The summed E-state index contributed by atoms with van der Waals surface area (Å²) >= 11 is 5.94. The summed E-state index contributed by atoms with van der Waals surface area (Å²) in [7, 11) is 0. The molecule has 10 heteroatoms. The Labute approximate surface area is 165 Å². The van der Waals surface area contributed by atoms with Gasteiger partial charge in [-0.1, -0.05) is 6.07 Å². The lowest BCUT2D eigenvalue weighted by atomic mass is 10.00. The van der Waals surface area contributed by atoms with E-state index >= 15 is 0 Å². The molecule has 0 aromatic carbocycles. The number of carbonyl (C=O) groups is 1. The maximum absolute atomic E-state index is 12.4. The van der Waals surface area contributed by atoms with Gasteiger partial charge in [0.05, 0.1) is 12.0 Å². The molecule has 146 valence electrons. The summed E-state index contributed by atoms with van der Waals surface area (Å²) < 4.78 is 13.4. The average Bonchev–Trinajstić information content (AvgIpc) is 3.24. The number of nitrogens with zero attached hydrogens (tertiary/aromatic N) is 4. The Morgan fingerprint density at radius 2 is 2.29 bits per heavy atom. The van der Waals surface area contributed by atoms with Gasteiger partial charge in [-0.2, -0.15) is 4.98 Å². The maximum Gasteiger partial charge on any atom is 0.357 e. The third kappa shape index (κ3) is 3.17. The van der Waals surface area contributed by atoms with Gasteiger partial charge in [0.2, 0.25) is 5.28 Å². The van der Waals surface area contributed by atoms with E-state index < -0.39 is 23.9 Å². The van der Waals surface area contributed by atoms with E-state index in [4.69, 9.17) is 26.8 Å². The highest BCUT2D eigenvalue weighted by Crippen LogP contribution is 2.40. The number of nitrogens with two attached hydrogens (primary N) is 1. The van der Waals surface area contributed by atoms with Crippen molar-refractivity contribution in [1.82, 2.24) is 19.5 Å². The fraction of sp³-hybridized carbons (Fsp3) is 0.333. The number of esters is 1. The van der Waals surface area contributed by atoms with Gasteiger partial charge in [-0.05, 0) is 36.7 Å². The van der Waals surface area contributed by atoms with Crippen LogP contribution in [0.3, 0.4) is 0 Å². The van der Waals surface area contributed by atoms with Gasteiger partial charge in [0.1, 0.15) is 35.1 Å². The number of aliphatic hydroxyl groups excluding tert-OH is 1. The number of hydrogen-bond donors (Lipinski definition) is 2. The molecule has 1 saturated heterocycles. The van der Waals surface area contributed by atoms with Gasteiger partial charge in [-0.15, -0.1) is 0 Å². The number of halogens is 1. The van der Waals surface area contributed by atoms with Gasteiger partial charge in [0.25, 0.3) is 0 Å². The molecule has 3 aromatic rings. The molecule has 4 heterocycles. The number of anilines is 1. The van der Waals surface area contributed by atoms with Crippen molar-refractivity contribution in [2.24, 2.45) is 0 Å². The zero-order valence-electron chi connectivity index (χ0n) is 14.9. The Morgan fingerprint density at radius 1 is 1.46 bits per heavy atom. The lowest BCUT2D eigenvalue weighted by Crippen LogP contribution is -2.42. The number of nitrogen functional groups attached to an aromatic ring is 1. The zero-order valence-corrected chi connectivity index (χ0v) is 15.7. The summed E-state index contributed by atoms with van der Waals surface area (Å²) in [6.07, 6.45) is 2.33. The second-order valence-electron chi connectivity index (χ2n) is 6.73. The number of rotatable bonds is 4. The van der Waals surface area contributed by atoms with Crippen LogP contribution in [0.4, 0.5) is 5.82 Å². The Kier molecular flexibility index (Phi) is 4.66. The number of pyridine rings is 1. The highest BCUT2D eigenvalue weighted by molar-refractivity contribution is 6.28. The number of aliphatic hydroxyl groups is 1. The molecule has 0 spiro atoms. The summed E-state index contributed by atoms with van der Waals surface area (Å²) in [5, 5.41) is 10.5. The first kappa shape index (κ1) is 18.6. The van der Waals surface area contributed by atoms with E-state index in [0.717, 1.165) is 0 Å². The first-order valence-electron chi connectivity index (χ1n) is 8.61. The van der Waals surface area contributed by atoms with Crippen molar-refractivity contribution < 1.29 is 19.4 Å². The van der Waals surface area contributed by atoms with Crippen molar-refractivity contribution >= 4 is 34.4 Å². The van der Waals surface area contributed by atoms with E-state index in [0.29, 0.717) is 17.5 Å². The highest BCUT2D eigenvalue weighted by atomic mass is 35.5. The van der Waals surface area contributed by atoms with Gasteiger partial charge < -0.3 is 24.9 Å². The smallest absolute Gasteiger partial charge is 0.357 e. The summed E-state index contributed by atoms with van der Waals surface area (Å²) in [5.41, 5.74) is 5.50. The molecule has 0 amide bonds. The molecule has 3 atom stereocenters. The van der Waals surface area contributed by atoms with Crippen LogP contribution in [0.15, 0.2) is 36.7 Å². The minimum Gasteiger partial charge on any atom is -0.454 e. The molecule has 0 bridgehead atoms. The van der Waals surface area contributed by atoms with Crippen LogP contribution in [0.25, 0.3) is 11.0 Å². The normalized spacial score (nSPS) is 24.5. The molecule has 0 radical (unpaired) electrons. The quantitative estimate of drug-likeness (QED) is 0.500. The maximum atomic E-state index is 12.4. The molecule has 0 aliphatic carbocycles. The van der Waals surface area contributed by atoms with Crippen molar-refractivity contribution in [3.8, 4) is 0 Å². The molecule has 0 saturated carbocycles. The molecule has 1 fully saturated rings. The minimum atomic E-state index is -1.09. The van der Waals surface area contributed by atoms with Crippen LogP contribution in [-0.4, -0.2) is 48.9 Å². The molecule has 0 unspecified atom stereocenters. The van der Waals surface area contributed by atoms with Gasteiger partial charge in [0.15, 0.2) is 0 Å². The predicted molar refractivity (Wildman–Crippen MR) is 101 cm³/mol. The molecule has 3 aromatic heterocycles. The van der Waals surface area contributed by atoms with Gasteiger partial charge >= 0.3 is 5.97 Å². The molecular formula is C18H18ClN5O4. The van der Waals surface area contributed by atoms with E-state index in [2.05, 4.69) is 15.0 Å². The van der Waals surface area contributed by atoms with Crippen LogP contribution in [0, 0.1) is 0 Å². The lowest BCUT2D eigenvalue weighted by Gasteiger charge is -2.27. The SMILES string of the molecule is C[C@]1(CO)O[C@@H](n2ccc3c(N)nc(Cl)nc32)C[C@@H]1OC(=O)c1ccccn1. The van der Waals surface area contributed by atoms with Crippen LogP contribution >= 0.6 is 11.6 Å². The summed E-state index contributed by atoms with van der Waals surface area (Å²) in [6.45, 7) is 1.35. The van der Waals surface area contributed by atoms with Crippen molar-refractivity contribution in [2.45, 2.75) is 31.3 Å². The number of hydrogen-bond acceptors (Lipinski definition) is 8. The molecular weight excluding hydrogens is 386 g/mol. The standard InChI is InChI=1S/C18H18ClN5O4/c1-18(9-25)12(27-16(26)11-4-2-3-6-21-11)8-13(28-18)24-7-5-10-14(20)22-17(19)23-15(10)24/h2-7,12-13,25H,8-9H2,1H3,(H2,20,22,23)/t12-,13+,18+/m0/s1. The number of carbonyl (C=O) groups excluding carboxylic acids is 1. The molecule has 28 heavy (non-hydrogen) atoms. The Bertz CT molecular complexity index is 1030. The Morgan fingerprint density at radius 3 is 3.00 bits per heavy atom. The van der Waals surface area contributed by atoms with Gasteiger partial charge in [-0.3, -0.25) is 0 Å². The summed E-state index contributed by atoms with van der Waals surface area (Å²) in [5.74, 6) is -0.323. The van der Waals surface area contributed by atoms with Crippen LogP contribution in [0.1, 0.15) is 30.1 Å². The van der Waals surface area contributed by atoms with Gasteiger partial charge in [0, 0.05) is 18.8 Å². The topological polar surface area (TPSA) is 125 Å². The van der Waals surface area contributed by atoms with Crippen LogP contribution in [0.5, 0.6) is 0 Å². The van der Waals surface area contributed by atoms with Crippen molar-refractivity contribution in [3.63, 3.8) is 0 Å². The first-order chi connectivity index (χ1) is 13.4. The fourth-order valence-corrected chi connectivity index (χ4v) is 3.45. The van der Waals surface area contributed by atoms with E-state index in [1.807, 2.05) is 0 Å². The largest absolute Gasteiger partial charge is 0.454 e. The minimum absolute atomic E-state index is 0.0194. The second kappa shape index (κ2) is 7.01. The zero-order chi connectivity index (χ0) is 19.9. The monoisotopic (exact) mass is 403 g/mol. The predicted octanol–water partition coefficient (Wildman–Crippen LogP) is 1.96. The number of fused-ring (bicyclic) bond motifs is 1.